The topological polar surface area (TPSA) is 93.2 Å². The number of hydrogen-bond acceptors (Lipinski definition) is 3. The maximum absolute atomic E-state index is 12.5. The molecule has 1 aliphatic heterocycles. The van der Waals surface area contributed by atoms with Gasteiger partial charge in [0.25, 0.3) is 5.91 Å². The summed E-state index contributed by atoms with van der Waals surface area (Å²) in [4.78, 5) is 26.4. The number of hydrogen-bond donors (Lipinski definition) is 2. The summed E-state index contributed by atoms with van der Waals surface area (Å²) < 4.78 is 1.74. The molecular formula is C18H19Cl2N5O2. The summed E-state index contributed by atoms with van der Waals surface area (Å²) in [6.07, 6.45) is 3.19. The van der Waals surface area contributed by atoms with Crippen molar-refractivity contribution in [3.63, 3.8) is 0 Å². The van der Waals surface area contributed by atoms with Gasteiger partial charge in [-0.3, -0.25) is 9.48 Å². The van der Waals surface area contributed by atoms with E-state index in [9.17, 15) is 9.59 Å². The van der Waals surface area contributed by atoms with Gasteiger partial charge in [0.1, 0.15) is 5.69 Å². The minimum absolute atomic E-state index is 0.112. The van der Waals surface area contributed by atoms with Gasteiger partial charge >= 0.3 is 6.03 Å². The Balaban J connectivity index is 1.66. The fraction of sp³-hybridized carbons (Fsp3) is 0.389. The van der Waals surface area contributed by atoms with E-state index in [4.69, 9.17) is 28.9 Å². The van der Waals surface area contributed by atoms with E-state index in [-0.39, 0.29) is 18.6 Å². The average Bonchev–Trinajstić information content (AvgIpc) is 2.99. The lowest BCUT2D eigenvalue weighted by molar-refractivity contribution is 0.0997. The molecule has 2 aliphatic rings. The molecule has 0 atom stereocenters. The van der Waals surface area contributed by atoms with Crippen molar-refractivity contribution in [1.82, 2.24) is 20.0 Å². The van der Waals surface area contributed by atoms with Crippen molar-refractivity contribution >= 4 is 35.1 Å². The van der Waals surface area contributed by atoms with Crippen LogP contribution in [0.3, 0.4) is 0 Å². The van der Waals surface area contributed by atoms with Gasteiger partial charge in [0, 0.05) is 18.2 Å². The van der Waals surface area contributed by atoms with Crippen molar-refractivity contribution in [2.45, 2.75) is 38.4 Å². The van der Waals surface area contributed by atoms with Crippen LogP contribution < -0.4 is 11.1 Å². The largest absolute Gasteiger partial charge is 0.365 e. The zero-order chi connectivity index (χ0) is 19.1. The molecule has 142 valence electrons. The van der Waals surface area contributed by atoms with Gasteiger partial charge in [0.05, 0.1) is 34.4 Å². The Morgan fingerprint density at radius 2 is 1.96 bits per heavy atom. The van der Waals surface area contributed by atoms with Crippen LogP contribution in [0.15, 0.2) is 18.2 Å². The molecule has 27 heavy (non-hydrogen) atoms. The number of rotatable bonds is 3. The molecule has 0 bridgehead atoms. The molecule has 3 amide bonds. The minimum atomic E-state index is -0.585. The van der Waals surface area contributed by atoms with Crippen molar-refractivity contribution in [2.24, 2.45) is 5.73 Å². The summed E-state index contributed by atoms with van der Waals surface area (Å²) in [7, 11) is 0. The Kier molecular flexibility index (Phi) is 4.74. The van der Waals surface area contributed by atoms with Gasteiger partial charge in [-0.05, 0) is 31.4 Å². The van der Waals surface area contributed by atoms with Gasteiger partial charge in [-0.2, -0.15) is 5.10 Å². The molecule has 1 aromatic heterocycles. The van der Waals surface area contributed by atoms with E-state index in [2.05, 4.69) is 10.4 Å². The van der Waals surface area contributed by atoms with Crippen LogP contribution in [0.1, 0.15) is 35.3 Å². The first-order valence-electron chi connectivity index (χ1n) is 8.84. The number of nitrogens with zero attached hydrogens (tertiary/aromatic N) is 3. The van der Waals surface area contributed by atoms with Crippen LogP contribution in [0.2, 0.25) is 10.0 Å². The molecule has 7 nitrogen and oxygen atoms in total. The molecular weight excluding hydrogens is 389 g/mol. The number of urea groups is 1. The third-order valence-corrected chi connectivity index (χ3v) is 5.88. The molecule has 0 unspecified atom stereocenters. The molecule has 1 aromatic carbocycles. The van der Waals surface area contributed by atoms with E-state index in [0.717, 1.165) is 19.3 Å². The number of nitrogens with two attached hydrogens (primary N) is 1. The van der Waals surface area contributed by atoms with Gasteiger partial charge in [0.2, 0.25) is 0 Å². The second-order valence-electron chi connectivity index (χ2n) is 6.89. The Morgan fingerprint density at radius 1 is 1.19 bits per heavy atom. The molecule has 2 heterocycles. The lowest BCUT2D eigenvalue weighted by Gasteiger charge is -2.32. The molecule has 9 heteroatoms. The third kappa shape index (κ3) is 3.37. The lowest BCUT2D eigenvalue weighted by atomic mass is 9.93. The Labute approximate surface area is 166 Å². The average molecular weight is 408 g/mol. The first-order chi connectivity index (χ1) is 12.9. The van der Waals surface area contributed by atoms with E-state index in [0.29, 0.717) is 45.6 Å². The molecule has 1 fully saturated rings. The van der Waals surface area contributed by atoms with Gasteiger partial charge in [0.15, 0.2) is 0 Å². The molecule has 3 N–H and O–H groups in total. The number of fused-ring (bicyclic) bond motifs is 1. The SMILES string of the molecule is NC(=O)c1c(-c2ccc(Cl)c(Cl)c2)nn2c1CN(C(=O)NC1CCC1)CC2. The smallest absolute Gasteiger partial charge is 0.318 e. The van der Waals surface area contributed by atoms with E-state index in [1.165, 1.54) is 0 Å². The number of benzene rings is 1. The van der Waals surface area contributed by atoms with Gasteiger partial charge < -0.3 is 16.0 Å². The quantitative estimate of drug-likeness (QED) is 0.818. The van der Waals surface area contributed by atoms with Crippen LogP contribution in [0.4, 0.5) is 4.79 Å². The summed E-state index contributed by atoms with van der Waals surface area (Å²) >= 11 is 12.1. The summed E-state index contributed by atoms with van der Waals surface area (Å²) in [5.41, 5.74) is 7.72. The van der Waals surface area contributed by atoms with E-state index < -0.39 is 5.91 Å². The van der Waals surface area contributed by atoms with Crippen molar-refractivity contribution < 1.29 is 9.59 Å². The predicted molar refractivity (Wildman–Crippen MR) is 103 cm³/mol. The van der Waals surface area contributed by atoms with Crippen LogP contribution in [0, 0.1) is 0 Å². The van der Waals surface area contributed by atoms with Crippen LogP contribution in [-0.2, 0) is 13.1 Å². The van der Waals surface area contributed by atoms with Gasteiger partial charge in [-0.1, -0.05) is 29.3 Å². The first kappa shape index (κ1) is 18.1. The molecule has 0 radical (unpaired) electrons. The lowest BCUT2D eigenvalue weighted by Crippen LogP contribution is -2.49. The molecule has 1 saturated carbocycles. The van der Waals surface area contributed by atoms with Crippen molar-refractivity contribution in [3.8, 4) is 11.3 Å². The maximum Gasteiger partial charge on any atom is 0.318 e. The highest BCUT2D eigenvalue weighted by Crippen LogP contribution is 2.32. The zero-order valence-corrected chi connectivity index (χ0v) is 16.1. The summed E-state index contributed by atoms with van der Waals surface area (Å²) in [6.45, 7) is 1.30. The Morgan fingerprint density at radius 3 is 2.59 bits per heavy atom. The highest BCUT2D eigenvalue weighted by molar-refractivity contribution is 6.42. The van der Waals surface area contributed by atoms with Crippen LogP contribution in [0.5, 0.6) is 0 Å². The van der Waals surface area contributed by atoms with E-state index in [1.807, 2.05) is 0 Å². The summed E-state index contributed by atoms with van der Waals surface area (Å²) in [5.74, 6) is -0.585. The Bertz CT molecular complexity index is 923. The van der Waals surface area contributed by atoms with Crippen LogP contribution in [0.25, 0.3) is 11.3 Å². The molecule has 2 aromatic rings. The number of primary amides is 1. The minimum Gasteiger partial charge on any atom is -0.365 e. The number of nitrogens with one attached hydrogen (secondary N) is 1. The number of halogens is 2. The van der Waals surface area contributed by atoms with E-state index >= 15 is 0 Å². The van der Waals surface area contributed by atoms with Gasteiger partial charge in [-0.15, -0.1) is 0 Å². The predicted octanol–water partition coefficient (Wildman–Crippen LogP) is 3.03. The molecule has 0 spiro atoms. The van der Waals surface area contributed by atoms with Crippen molar-refractivity contribution in [1.29, 1.82) is 0 Å². The molecule has 1 aliphatic carbocycles. The number of aromatic nitrogens is 2. The fourth-order valence-corrected chi connectivity index (χ4v) is 3.71. The first-order valence-corrected chi connectivity index (χ1v) is 9.60. The summed E-state index contributed by atoms with van der Waals surface area (Å²) in [6, 6.07) is 5.20. The fourth-order valence-electron chi connectivity index (χ4n) is 3.41. The summed E-state index contributed by atoms with van der Waals surface area (Å²) in [5, 5.41) is 8.37. The highest BCUT2D eigenvalue weighted by Gasteiger charge is 2.31. The van der Waals surface area contributed by atoms with Crippen LogP contribution in [-0.4, -0.2) is 39.2 Å². The molecule has 4 rings (SSSR count). The van der Waals surface area contributed by atoms with Crippen molar-refractivity contribution in [3.05, 3.63) is 39.5 Å². The zero-order valence-electron chi connectivity index (χ0n) is 14.5. The van der Waals surface area contributed by atoms with Crippen molar-refractivity contribution in [2.75, 3.05) is 6.54 Å². The Hall–Kier alpha value is -2.25. The maximum atomic E-state index is 12.5. The second kappa shape index (κ2) is 7.05. The highest BCUT2D eigenvalue weighted by atomic mass is 35.5. The monoisotopic (exact) mass is 407 g/mol. The number of amides is 3. The third-order valence-electron chi connectivity index (χ3n) is 5.14. The van der Waals surface area contributed by atoms with Crippen LogP contribution >= 0.6 is 23.2 Å². The number of carbonyl (C=O) groups is 2. The molecule has 0 saturated heterocycles. The number of carbonyl (C=O) groups excluding carboxylic acids is 2. The van der Waals surface area contributed by atoms with E-state index in [1.54, 1.807) is 27.8 Å². The van der Waals surface area contributed by atoms with Gasteiger partial charge in [-0.25, -0.2) is 4.79 Å². The second-order valence-corrected chi connectivity index (χ2v) is 7.70. The normalized spacial score (nSPS) is 16.6. The standard InChI is InChI=1S/C18H19Cl2N5O2/c19-12-5-4-10(8-13(12)20)16-15(17(21)26)14-9-24(6-7-25(14)23-16)18(27)22-11-2-1-3-11/h4-5,8,11H,1-3,6-7,9H2,(H2,21,26)(H,22,27).